The lowest BCUT2D eigenvalue weighted by molar-refractivity contribution is -0.116. The molecule has 1 heterocycles. The highest BCUT2D eigenvalue weighted by Crippen LogP contribution is 2.30. The number of carbonyl (C=O) groups is 1. The molecule has 0 fully saturated rings. The van der Waals surface area contributed by atoms with Crippen LogP contribution < -0.4 is 5.32 Å². The molecule has 0 spiro atoms. The van der Waals surface area contributed by atoms with Gasteiger partial charge in [-0.25, -0.2) is 8.42 Å². The summed E-state index contributed by atoms with van der Waals surface area (Å²) >= 11 is 0. The fourth-order valence-corrected chi connectivity index (χ4v) is 4.39. The van der Waals surface area contributed by atoms with Crippen molar-refractivity contribution in [2.24, 2.45) is 0 Å². The molecule has 2 rings (SSSR count). The third kappa shape index (κ3) is 3.24. The molecule has 4 nitrogen and oxygen atoms in total. The maximum Gasteiger partial charge on any atom is 0.248 e. The van der Waals surface area contributed by atoms with Gasteiger partial charge in [0.1, 0.15) is 0 Å². The van der Waals surface area contributed by atoms with E-state index in [1.165, 1.54) is 0 Å². The fourth-order valence-electron chi connectivity index (χ4n) is 2.67. The average Bonchev–Trinajstić information content (AvgIpc) is 2.77. The first-order chi connectivity index (χ1) is 10.4. The smallest absolute Gasteiger partial charge is 0.248 e. The van der Waals surface area contributed by atoms with Crippen LogP contribution in [0.25, 0.3) is 0 Å². The molecule has 120 valence electrons. The summed E-state index contributed by atoms with van der Waals surface area (Å²) in [6.07, 6.45) is 3.64. The van der Waals surface area contributed by atoms with E-state index in [9.17, 15) is 13.2 Å². The van der Waals surface area contributed by atoms with E-state index in [-0.39, 0.29) is 10.8 Å². The normalized spacial score (nSPS) is 18.7. The van der Waals surface area contributed by atoms with Crippen LogP contribution in [0.2, 0.25) is 0 Å². The third-order valence-corrected chi connectivity index (χ3v) is 6.06. The van der Waals surface area contributed by atoms with Crippen LogP contribution in [0.4, 0.5) is 0 Å². The van der Waals surface area contributed by atoms with Crippen molar-refractivity contribution < 1.29 is 13.2 Å². The van der Waals surface area contributed by atoms with Gasteiger partial charge in [-0.15, -0.1) is 0 Å². The minimum atomic E-state index is -3.60. The molecule has 0 saturated carbocycles. The highest BCUT2D eigenvalue weighted by molar-refractivity contribution is 7.92. The van der Waals surface area contributed by atoms with E-state index in [2.05, 4.69) is 12.2 Å². The molecule has 1 aliphatic heterocycles. The van der Waals surface area contributed by atoms with Gasteiger partial charge in [-0.3, -0.25) is 4.79 Å². The van der Waals surface area contributed by atoms with Crippen molar-refractivity contribution in [2.75, 3.05) is 0 Å². The van der Waals surface area contributed by atoms with Gasteiger partial charge in [0.25, 0.3) is 0 Å². The number of amides is 1. The minimum Gasteiger partial charge on any atom is -0.332 e. The maximum absolute atomic E-state index is 12.8. The highest BCUT2D eigenvalue weighted by Gasteiger charge is 2.38. The number of carbonyl (C=O) groups excluding carboxylic acids is 1. The lowest BCUT2D eigenvalue weighted by atomic mass is 10.0. The summed E-state index contributed by atoms with van der Waals surface area (Å²) in [4.78, 5) is 12.2. The van der Waals surface area contributed by atoms with Crippen LogP contribution in [0.1, 0.15) is 45.1 Å². The standard InChI is InChI=1S/C17H23NO3S/c1-4-5-6-7-15-13(3)16(19)18-17(15)22(20,21)14-10-8-12(2)9-11-14/h8-11,17H,4-7H2,1-3H3,(H,18,19). The number of benzene rings is 1. The third-order valence-electron chi connectivity index (χ3n) is 4.11. The molecule has 1 unspecified atom stereocenters. The minimum absolute atomic E-state index is 0.256. The van der Waals surface area contributed by atoms with Crippen molar-refractivity contribution in [2.45, 2.75) is 56.7 Å². The van der Waals surface area contributed by atoms with Crippen LogP contribution in [0.5, 0.6) is 0 Å². The van der Waals surface area contributed by atoms with Crippen molar-refractivity contribution in [1.29, 1.82) is 0 Å². The Balaban J connectivity index is 2.33. The second-order valence-electron chi connectivity index (χ2n) is 5.82. The lowest BCUT2D eigenvalue weighted by Gasteiger charge is -2.16. The first-order valence-electron chi connectivity index (χ1n) is 7.69. The van der Waals surface area contributed by atoms with Gasteiger partial charge in [-0.1, -0.05) is 37.5 Å². The Hall–Kier alpha value is -1.62. The van der Waals surface area contributed by atoms with Crippen LogP contribution in [0.3, 0.4) is 0 Å². The van der Waals surface area contributed by atoms with Gasteiger partial charge >= 0.3 is 0 Å². The van der Waals surface area contributed by atoms with Gasteiger partial charge in [0.2, 0.25) is 15.7 Å². The summed E-state index contributed by atoms with van der Waals surface area (Å²) in [5, 5.41) is 1.72. The highest BCUT2D eigenvalue weighted by atomic mass is 32.2. The molecule has 5 heteroatoms. The largest absolute Gasteiger partial charge is 0.332 e. The van der Waals surface area contributed by atoms with Crippen molar-refractivity contribution in [3.8, 4) is 0 Å². The quantitative estimate of drug-likeness (QED) is 0.819. The molecule has 1 amide bonds. The maximum atomic E-state index is 12.8. The zero-order valence-electron chi connectivity index (χ0n) is 13.3. The number of aryl methyl sites for hydroxylation is 1. The molecule has 1 atom stereocenters. The molecule has 0 aliphatic carbocycles. The van der Waals surface area contributed by atoms with Crippen LogP contribution >= 0.6 is 0 Å². The predicted molar refractivity (Wildman–Crippen MR) is 87.1 cm³/mol. The second kappa shape index (κ2) is 6.65. The SMILES string of the molecule is CCCCCC1=C(C)C(=O)NC1S(=O)(=O)c1ccc(C)cc1. The molecular formula is C17H23NO3S. The number of rotatable bonds is 6. The fraction of sp³-hybridized carbons (Fsp3) is 0.471. The van der Waals surface area contributed by atoms with E-state index in [1.807, 2.05) is 6.92 Å². The van der Waals surface area contributed by atoms with Gasteiger partial charge in [0.15, 0.2) is 5.37 Å². The van der Waals surface area contributed by atoms with E-state index < -0.39 is 15.2 Å². The predicted octanol–water partition coefficient (Wildman–Crippen LogP) is 3.12. The van der Waals surface area contributed by atoms with E-state index in [1.54, 1.807) is 31.2 Å². The summed E-state index contributed by atoms with van der Waals surface area (Å²) in [7, 11) is -3.60. The van der Waals surface area contributed by atoms with Gasteiger partial charge in [0, 0.05) is 5.57 Å². The monoisotopic (exact) mass is 321 g/mol. The Morgan fingerprint density at radius 1 is 1.09 bits per heavy atom. The molecule has 1 N–H and O–H groups in total. The summed E-state index contributed by atoms with van der Waals surface area (Å²) in [5.41, 5.74) is 2.28. The molecule has 0 saturated heterocycles. The first kappa shape index (κ1) is 16.7. The zero-order valence-corrected chi connectivity index (χ0v) is 14.2. The number of sulfone groups is 1. The molecule has 22 heavy (non-hydrogen) atoms. The van der Waals surface area contributed by atoms with Crippen LogP contribution in [-0.4, -0.2) is 19.7 Å². The summed E-state index contributed by atoms with van der Waals surface area (Å²) in [5.74, 6) is -0.271. The Labute approximate surface area is 132 Å². The Bertz CT molecular complexity index is 687. The Morgan fingerprint density at radius 3 is 2.32 bits per heavy atom. The first-order valence-corrected chi connectivity index (χ1v) is 9.23. The van der Waals surface area contributed by atoms with Gasteiger partial charge in [-0.05, 0) is 44.4 Å². The number of hydrogen-bond acceptors (Lipinski definition) is 3. The van der Waals surface area contributed by atoms with E-state index in [4.69, 9.17) is 0 Å². The van der Waals surface area contributed by atoms with Crippen LogP contribution in [0.15, 0.2) is 40.3 Å². The summed E-state index contributed by atoms with van der Waals surface area (Å²) < 4.78 is 25.7. The lowest BCUT2D eigenvalue weighted by Crippen LogP contribution is -2.36. The summed E-state index contributed by atoms with van der Waals surface area (Å²) in [6, 6.07) is 6.76. The van der Waals surface area contributed by atoms with Crippen LogP contribution in [-0.2, 0) is 14.6 Å². The van der Waals surface area contributed by atoms with Crippen molar-refractivity contribution in [3.63, 3.8) is 0 Å². The molecule has 0 aromatic heterocycles. The summed E-state index contributed by atoms with van der Waals surface area (Å²) in [6.45, 7) is 5.72. The topological polar surface area (TPSA) is 63.2 Å². The van der Waals surface area contributed by atoms with E-state index >= 15 is 0 Å². The number of nitrogens with one attached hydrogen (secondary N) is 1. The second-order valence-corrected chi connectivity index (χ2v) is 7.85. The van der Waals surface area contributed by atoms with Gasteiger partial charge in [-0.2, -0.15) is 0 Å². The van der Waals surface area contributed by atoms with E-state index in [0.29, 0.717) is 12.0 Å². The van der Waals surface area contributed by atoms with Gasteiger partial charge < -0.3 is 5.32 Å². The zero-order chi connectivity index (χ0) is 16.3. The van der Waals surface area contributed by atoms with E-state index in [0.717, 1.165) is 30.4 Å². The molecular weight excluding hydrogens is 298 g/mol. The Kier molecular flexibility index (Phi) is 5.06. The molecule has 1 aromatic rings. The molecule has 0 bridgehead atoms. The Morgan fingerprint density at radius 2 is 1.73 bits per heavy atom. The number of hydrogen-bond donors (Lipinski definition) is 1. The van der Waals surface area contributed by atoms with Crippen LogP contribution in [0, 0.1) is 6.92 Å². The van der Waals surface area contributed by atoms with Gasteiger partial charge in [0.05, 0.1) is 4.90 Å². The average molecular weight is 321 g/mol. The molecule has 1 aromatic carbocycles. The number of unbranched alkanes of at least 4 members (excludes halogenated alkanes) is 2. The van der Waals surface area contributed by atoms with Crippen molar-refractivity contribution >= 4 is 15.7 Å². The molecule has 1 aliphatic rings. The van der Waals surface area contributed by atoms with Crippen molar-refractivity contribution in [1.82, 2.24) is 5.32 Å². The van der Waals surface area contributed by atoms with Crippen molar-refractivity contribution in [3.05, 3.63) is 41.0 Å². The molecule has 0 radical (unpaired) electrons.